The minimum absolute atomic E-state index is 0.457. The molecule has 0 aromatic heterocycles. The van der Waals surface area contributed by atoms with E-state index >= 15 is 0 Å². The van der Waals surface area contributed by atoms with Crippen molar-refractivity contribution in [1.29, 1.82) is 0 Å². The van der Waals surface area contributed by atoms with Crippen LogP contribution in [0.15, 0.2) is 0 Å². The Morgan fingerprint density at radius 3 is 2.40 bits per heavy atom. The number of hydrogen-bond acceptors (Lipinski definition) is 1. The molecule has 0 bridgehead atoms. The van der Waals surface area contributed by atoms with E-state index in [1.165, 1.54) is 32.2 Å². The van der Waals surface area contributed by atoms with Gasteiger partial charge in [-0.1, -0.05) is 13.8 Å². The molecule has 1 radical (unpaired) electrons. The quantitative estimate of drug-likeness (QED) is 0.619. The highest BCUT2D eigenvalue weighted by Crippen LogP contribution is 2.24. The summed E-state index contributed by atoms with van der Waals surface area (Å²) in [6.45, 7) is 5.73. The molecule has 0 aromatic rings. The van der Waals surface area contributed by atoms with Crippen LogP contribution in [0.5, 0.6) is 0 Å². The standard InChI is InChI=1S/C9H18N/c1-3-9(4-2)7-5-6-8-10-9/h5,10H,3-4,6-8H2,1-2H3. The summed E-state index contributed by atoms with van der Waals surface area (Å²) >= 11 is 0. The van der Waals surface area contributed by atoms with Crippen molar-refractivity contribution in [2.24, 2.45) is 0 Å². The Balaban J connectivity index is 2.44. The maximum atomic E-state index is 3.60. The van der Waals surface area contributed by atoms with E-state index in [-0.39, 0.29) is 0 Å². The number of rotatable bonds is 2. The van der Waals surface area contributed by atoms with Crippen LogP contribution < -0.4 is 5.32 Å². The lowest BCUT2D eigenvalue weighted by Gasteiger charge is -2.36. The first kappa shape index (κ1) is 8.06. The molecule has 0 aromatic carbocycles. The zero-order valence-corrected chi connectivity index (χ0v) is 7.11. The Morgan fingerprint density at radius 1 is 1.40 bits per heavy atom. The molecule has 1 rings (SSSR count). The molecule has 1 N–H and O–H groups in total. The summed E-state index contributed by atoms with van der Waals surface area (Å²) in [6.07, 6.45) is 7.46. The maximum absolute atomic E-state index is 3.60. The molecular formula is C9H18N. The zero-order chi connectivity index (χ0) is 7.45. The Kier molecular flexibility index (Phi) is 2.72. The van der Waals surface area contributed by atoms with E-state index in [0.29, 0.717) is 5.54 Å². The second-order valence-corrected chi connectivity index (χ2v) is 3.20. The van der Waals surface area contributed by atoms with Crippen molar-refractivity contribution < 1.29 is 0 Å². The fraction of sp³-hybridized carbons (Fsp3) is 0.889. The van der Waals surface area contributed by atoms with Crippen molar-refractivity contribution in [3.63, 3.8) is 0 Å². The minimum Gasteiger partial charge on any atom is -0.311 e. The summed E-state index contributed by atoms with van der Waals surface area (Å²) in [5.74, 6) is 0. The average Bonchev–Trinajstić information content (AvgIpc) is 2.06. The van der Waals surface area contributed by atoms with Crippen LogP contribution in [0, 0.1) is 6.42 Å². The predicted molar refractivity (Wildman–Crippen MR) is 44.8 cm³/mol. The molecular weight excluding hydrogens is 122 g/mol. The molecule has 1 aliphatic heterocycles. The second-order valence-electron chi connectivity index (χ2n) is 3.20. The molecule has 1 heterocycles. The van der Waals surface area contributed by atoms with E-state index in [1.54, 1.807) is 0 Å². The Hall–Kier alpha value is -0.0400. The normalized spacial score (nSPS) is 24.6. The van der Waals surface area contributed by atoms with E-state index in [9.17, 15) is 0 Å². The van der Waals surface area contributed by atoms with Gasteiger partial charge in [-0.2, -0.15) is 0 Å². The fourth-order valence-electron chi connectivity index (χ4n) is 1.68. The smallest absolute Gasteiger partial charge is 0.0179 e. The monoisotopic (exact) mass is 140 g/mol. The van der Waals surface area contributed by atoms with Crippen LogP contribution in [-0.2, 0) is 0 Å². The number of nitrogens with one attached hydrogen (secondary N) is 1. The first-order valence-corrected chi connectivity index (χ1v) is 4.39. The van der Waals surface area contributed by atoms with Crippen molar-refractivity contribution in [1.82, 2.24) is 5.32 Å². The summed E-state index contributed by atoms with van der Waals surface area (Å²) in [4.78, 5) is 0. The highest BCUT2D eigenvalue weighted by atomic mass is 15.0. The van der Waals surface area contributed by atoms with Crippen LogP contribution in [0.3, 0.4) is 0 Å². The molecule has 0 aliphatic carbocycles. The third-order valence-corrected chi connectivity index (χ3v) is 2.74. The highest BCUT2D eigenvalue weighted by Gasteiger charge is 2.26. The van der Waals surface area contributed by atoms with Gasteiger partial charge in [0.15, 0.2) is 0 Å². The highest BCUT2D eigenvalue weighted by molar-refractivity contribution is 4.94. The lowest BCUT2D eigenvalue weighted by atomic mass is 9.84. The predicted octanol–water partition coefficient (Wildman–Crippen LogP) is 2.13. The van der Waals surface area contributed by atoms with Crippen molar-refractivity contribution in [3.8, 4) is 0 Å². The van der Waals surface area contributed by atoms with E-state index in [2.05, 4.69) is 25.6 Å². The van der Waals surface area contributed by atoms with Gasteiger partial charge in [0.1, 0.15) is 0 Å². The molecule has 1 saturated heterocycles. The fourth-order valence-corrected chi connectivity index (χ4v) is 1.68. The lowest BCUT2D eigenvalue weighted by Crippen LogP contribution is -2.47. The van der Waals surface area contributed by atoms with E-state index < -0.39 is 0 Å². The van der Waals surface area contributed by atoms with Crippen LogP contribution in [0.2, 0.25) is 0 Å². The largest absolute Gasteiger partial charge is 0.311 e. The summed E-state index contributed by atoms with van der Waals surface area (Å²) < 4.78 is 0. The first-order chi connectivity index (χ1) is 4.83. The van der Waals surface area contributed by atoms with E-state index in [4.69, 9.17) is 0 Å². The van der Waals surface area contributed by atoms with Gasteiger partial charge in [0.05, 0.1) is 0 Å². The maximum Gasteiger partial charge on any atom is 0.0179 e. The Labute approximate surface area is 64.2 Å². The number of piperidine rings is 1. The van der Waals surface area contributed by atoms with Gasteiger partial charge >= 0.3 is 0 Å². The van der Waals surface area contributed by atoms with Crippen molar-refractivity contribution in [2.45, 2.75) is 45.1 Å². The van der Waals surface area contributed by atoms with Gasteiger partial charge in [0.25, 0.3) is 0 Å². The van der Waals surface area contributed by atoms with Gasteiger partial charge in [0.2, 0.25) is 0 Å². The van der Waals surface area contributed by atoms with Crippen LogP contribution in [-0.4, -0.2) is 12.1 Å². The van der Waals surface area contributed by atoms with Gasteiger partial charge in [-0.15, -0.1) is 0 Å². The average molecular weight is 140 g/mol. The molecule has 0 amide bonds. The third kappa shape index (κ3) is 1.51. The molecule has 0 saturated carbocycles. The topological polar surface area (TPSA) is 12.0 Å². The molecule has 59 valence electrons. The van der Waals surface area contributed by atoms with Crippen molar-refractivity contribution in [3.05, 3.63) is 6.42 Å². The zero-order valence-electron chi connectivity index (χ0n) is 7.11. The van der Waals surface area contributed by atoms with Gasteiger partial charge in [0, 0.05) is 5.54 Å². The Morgan fingerprint density at radius 2 is 2.10 bits per heavy atom. The molecule has 1 nitrogen and oxygen atoms in total. The number of hydrogen-bond donors (Lipinski definition) is 1. The minimum atomic E-state index is 0.457. The van der Waals surface area contributed by atoms with Gasteiger partial charge < -0.3 is 5.32 Å². The van der Waals surface area contributed by atoms with Crippen LogP contribution >= 0.6 is 0 Å². The van der Waals surface area contributed by atoms with Gasteiger partial charge in [-0.3, -0.25) is 0 Å². The van der Waals surface area contributed by atoms with Crippen molar-refractivity contribution in [2.75, 3.05) is 6.54 Å². The van der Waals surface area contributed by atoms with Gasteiger partial charge in [-0.25, -0.2) is 0 Å². The van der Waals surface area contributed by atoms with Crippen LogP contribution in [0.4, 0.5) is 0 Å². The second kappa shape index (κ2) is 3.38. The summed E-state index contributed by atoms with van der Waals surface area (Å²) in [6, 6.07) is 0. The summed E-state index contributed by atoms with van der Waals surface area (Å²) in [7, 11) is 0. The molecule has 0 atom stereocenters. The molecule has 0 unspecified atom stereocenters. The van der Waals surface area contributed by atoms with Crippen molar-refractivity contribution >= 4 is 0 Å². The van der Waals surface area contributed by atoms with E-state index in [0.717, 1.165) is 0 Å². The van der Waals surface area contributed by atoms with Crippen LogP contribution in [0.25, 0.3) is 0 Å². The summed E-state index contributed by atoms with van der Waals surface area (Å²) in [5, 5.41) is 3.60. The molecule has 1 aliphatic rings. The molecule has 0 spiro atoms. The lowest BCUT2D eigenvalue weighted by molar-refractivity contribution is 0.270. The molecule has 1 fully saturated rings. The SMILES string of the molecule is CCC1(CC)C[CH]CCN1. The molecule has 1 heteroatoms. The summed E-state index contributed by atoms with van der Waals surface area (Å²) in [5.41, 5.74) is 0.457. The molecule has 10 heavy (non-hydrogen) atoms. The third-order valence-electron chi connectivity index (χ3n) is 2.74. The van der Waals surface area contributed by atoms with E-state index in [1.807, 2.05) is 0 Å². The first-order valence-electron chi connectivity index (χ1n) is 4.39. The van der Waals surface area contributed by atoms with Crippen LogP contribution in [0.1, 0.15) is 39.5 Å². The Bertz CT molecular complexity index is 86.9. The van der Waals surface area contributed by atoms with Gasteiger partial charge in [-0.05, 0) is 38.6 Å².